The van der Waals surface area contributed by atoms with Crippen molar-refractivity contribution in [2.75, 3.05) is 13.2 Å². The molecular formula is C15H20O5. The standard InChI is InChI=1S/C15H20O5/c1-3-19-14(16)9-6-10-20-13-8-5-4-7-12(13)11(2)15(17)18/h4-5,7-8,11H,3,6,9-10H2,1-2H3,(H,17,18). The van der Waals surface area contributed by atoms with Crippen molar-refractivity contribution in [1.82, 2.24) is 0 Å². The molecule has 0 aliphatic heterocycles. The van der Waals surface area contributed by atoms with E-state index in [1.54, 1.807) is 38.1 Å². The van der Waals surface area contributed by atoms with E-state index in [4.69, 9.17) is 14.6 Å². The Morgan fingerprint density at radius 1 is 1.30 bits per heavy atom. The van der Waals surface area contributed by atoms with Gasteiger partial charge in [-0.05, 0) is 26.3 Å². The summed E-state index contributed by atoms with van der Waals surface area (Å²) < 4.78 is 10.4. The second kappa shape index (κ2) is 8.19. The molecule has 0 saturated heterocycles. The Kier molecular flexibility index (Phi) is 6.56. The van der Waals surface area contributed by atoms with Crippen LogP contribution >= 0.6 is 0 Å². The molecule has 0 fully saturated rings. The summed E-state index contributed by atoms with van der Waals surface area (Å²) in [5.41, 5.74) is 0.635. The Labute approximate surface area is 118 Å². The van der Waals surface area contributed by atoms with Gasteiger partial charge >= 0.3 is 11.9 Å². The Hall–Kier alpha value is -2.04. The molecular weight excluding hydrogens is 260 g/mol. The lowest BCUT2D eigenvalue weighted by molar-refractivity contribution is -0.143. The summed E-state index contributed by atoms with van der Waals surface area (Å²) in [6, 6.07) is 7.04. The second-order valence-corrected chi connectivity index (χ2v) is 4.35. The summed E-state index contributed by atoms with van der Waals surface area (Å²) in [6.45, 7) is 4.10. The molecule has 5 heteroatoms. The maximum absolute atomic E-state index is 11.2. The summed E-state index contributed by atoms with van der Waals surface area (Å²) >= 11 is 0. The first-order chi connectivity index (χ1) is 9.56. The number of rotatable bonds is 8. The van der Waals surface area contributed by atoms with E-state index in [0.717, 1.165) is 0 Å². The Balaban J connectivity index is 2.52. The van der Waals surface area contributed by atoms with Crippen LogP contribution in [0.3, 0.4) is 0 Å². The number of benzene rings is 1. The lowest BCUT2D eigenvalue weighted by Crippen LogP contribution is -2.11. The Morgan fingerprint density at radius 2 is 2.00 bits per heavy atom. The van der Waals surface area contributed by atoms with E-state index in [2.05, 4.69) is 0 Å². The van der Waals surface area contributed by atoms with Gasteiger partial charge in [0, 0.05) is 12.0 Å². The second-order valence-electron chi connectivity index (χ2n) is 4.35. The van der Waals surface area contributed by atoms with Crippen LogP contribution in [0.15, 0.2) is 24.3 Å². The number of carboxylic acids is 1. The highest BCUT2D eigenvalue weighted by Crippen LogP contribution is 2.26. The summed E-state index contributed by atoms with van der Waals surface area (Å²) in [7, 11) is 0. The molecule has 0 amide bonds. The van der Waals surface area contributed by atoms with Crippen molar-refractivity contribution in [2.45, 2.75) is 32.6 Å². The van der Waals surface area contributed by atoms with E-state index in [1.807, 2.05) is 0 Å². The lowest BCUT2D eigenvalue weighted by Gasteiger charge is -2.14. The summed E-state index contributed by atoms with van der Waals surface area (Å²) in [5.74, 6) is -1.22. The predicted molar refractivity (Wildman–Crippen MR) is 73.9 cm³/mol. The van der Waals surface area contributed by atoms with Crippen LogP contribution in [0, 0.1) is 0 Å². The molecule has 20 heavy (non-hydrogen) atoms. The van der Waals surface area contributed by atoms with Crippen molar-refractivity contribution >= 4 is 11.9 Å². The van der Waals surface area contributed by atoms with Crippen molar-refractivity contribution in [3.05, 3.63) is 29.8 Å². The predicted octanol–water partition coefficient (Wildman–Crippen LogP) is 2.60. The molecule has 0 bridgehead atoms. The van der Waals surface area contributed by atoms with Crippen LogP contribution in [-0.2, 0) is 14.3 Å². The van der Waals surface area contributed by atoms with Crippen LogP contribution in [0.25, 0.3) is 0 Å². The third kappa shape index (κ3) is 4.91. The molecule has 0 aliphatic carbocycles. The van der Waals surface area contributed by atoms with E-state index >= 15 is 0 Å². The molecule has 1 N–H and O–H groups in total. The van der Waals surface area contributed by atoms with Gasteiger partial charge in [0.05, 0.1) is 19.1 Å². The molecule has 1 aromatic carbocycles. The number of aliphatic carboxylic acids is 1. The summed E-state index contributed by atoms with van der Waals surface area (Å²) in [5, 5.41) is 9.05. The molecule has 110 valence electrons. The van der Waals surface area contributed by atoms with Gasteiger partial charge in [-0.2, -0.15) is 0 Å². The molecule has 1 rings (SSSR count). The van der Waals surface area contributed by atoms with Gasteiger partial charge in [0.2, 0.25) is 0 Å². The van der Waals surface area contributed by atoms with Crippen molar-refractivity contribution in [1.29, 1.82) is 0 Å². The van der Waals surface area contributed by atoms with Gasteiger partial charge in [-0.25, -0.2) is 0 Å². The first kappa shape index (κ1) is 16.0. The number of para-hydroxylation sites is 1. The van der Waals surface area contributed by atoms with Crippen molar-refractivity contribution in [3.8, 4) is 5.75 Å². The summed E-state index contributed by atoms with van der Waals surface area (Å²) in [4.78, 5) is 22.2. The molecule has 0 aromatic heterocycles. The number of hydrogen-bond acceptors (Lipinski definition) is 4. The fourth-order valence-corrected chi connectivity index (χ4v) is 1.73. The first-order valence-corrected chi connectivity index (χ1v) is 6.66. The van der Waals surface area contributed by atoms with Gasteiger partial charge in [-0.15, -0.1) is 0 Å². The fraction of sp³-hybridized carbons (Fsp3) is 0.467. The number of hydrogen-bond donors (Lipinski definition) is 1. The Bertz CT molecular complexity index is 455. The first-order valence-electron chi connectivity index (χ1n) is 6.66. The lowest BCUT2D eigenvalue weighted by atomic mass is 10.0. The SMILES string of the molecule is CCOC(=O)CCCOc1ccccc1C(C)C(=O)O. The Morgan fingerprint density at radius 3 is 2.65 bits per heavy atom. The van der Waals surface area contributed by atoms with E-state index in [-0.39, 0.29) is 5.97 Å². The third-order valence-electron chi connectivity index (χ3n) is 2.84. The van der Waals surface area contributed by atoms with Crippen LogP contribution in [-0.4, -0.2) is 30.3 Å². The fourth-order valence-electron chi connectivity index (χ4n) is 1.73. The number of carboxylic acid groups (broad SMARTS) is 1. The minimum atomic E-state index is -0.896. The van der Waals surface area contributed by atoms with Gasteiger partial charge in [0.25, 0.3) is 0 Å². The smallest absolute Gasteiger partial charge is 0.310 e. The average Bonchev–Trinajstić information content (AvgIpc) is 2.43. The van der Waals surface area contributed by atoms with Gasteiger partial charge in [-0.1, -0.05) is 18.2 Å². The van der Waals surface area contributed by atoms with Crippen LogP contribution in [0.2, 0.25) is 0 Å². The number of carbonyl (C=O) groups is 2. The normalized spacial score (nSPS) is 11.7. The van der Waals surface area contributed by atoms with Crippen LogP contribution in [0.4, 0.5) is 0 Å². The molecule has 0 aliphatic rings. The molecule has 5 nitrogen and oxygen atoms in total. The van der Waals surface area contributed by atoms with E-state index in [1.165, 1.54) is 0 Å². The zero-order valence-corrected chi connectivity index (χ0v) is 11.8. The largest absolute Gasteiger partial charge is 0.493 e. The molecule has 0 radical (unpaired) electrons. The number of esters is 1. The van der Waals surface area contributed by atoms with Crippen LogP contribution in [0.5, 0.6) is 5.75 Å². The van der Waals surface area contributed by atoms with Gasteiger partial charge in [0.1, 0.15) is 5.75 Å². The zero-order chi connectivity index (χ0) is 15.0. The highest BCUT2D eigenvalue weighted by atomic mass is 16.5. The molecule has 0 saturated carbocycles. The third-order valence-corrected chi connectivity index (χ3v) is 2.84. The van der Waals surface area contributed by atoms with Crippen LogP contribution in [0.1, 0.15) is 38.2 Å². The van der Waals surface area contributed by atoms with E-state index in [0.29, 0.717) is 37.4 Å². The topological polar surface area (TPSA) is 72.8 Å². The van der Waals surface area contributed by atoms with E-state index in [9.17, 15) is 9.59 Å². The molecule has 0 heterocycles. The monoisotopic (exact) mass is 280 g/mol. The molecule has 1 atom stereocenters. The number of carbonyl (C=O) groups excluding carboxylic acids is 1. The quantitative estimate of drug-likeness (QED) is 0.585. The average molecular weight is 280 g/mol. The van der Waals surface area contributed by atoms with Crippen LogP contribution < -0.4 is 4.74 Å². The van der Waals surface area contributed by atoms with Crippen molar-refractivity contribution in [2.24, 2.45) is 0 Å². The minimum Gasteiger partial charge on any atom is -0.493 e. The maximum atomic E-state index is 11.2. The molecule has 1 unspecified atom stereocenters. The maximum Gasteiger partial charge on any atom is 0.310 e. The minimum absolute atomic E-state index is 0.247. The van der Waals surface area contributed by atoms with Gasteiger partial charge in [0.15, 0.2) is 0 Å². The van der Waals surface area contributed by atoms with Crippen molar-refractivity contribution in [3.63, 3.8) is 0 Å². The molecule has 0 spiro atoms. The summed E-state index contributed by atoms with van der Waals surface area (Å²) in [6.07, 6.45) is 0.832. The zero-order valence-electron chi connectivity index (χ0n) is 11.8. The van der Waals surface area contributed by atoms with E-state index < -0.39 is 11.9 Å². The number of ether oxygens (including phenoxy) is 2. The van der Waals surface area contributed by atoms with Crippen molar-refractivity contribution < 1.29 is 24.2 Å². The highest BCUT2D eigenvalue weighted by molar-refractivity contribution is 5.76. The van der Waals surface area contributed by atoms with Gasteiger partial charge in [-0.3, -0.25) is 9.59 Å². The molecule has 1 aromatic rings. The van der Waals surface area contributed by atoms with Gasteiger partial charge < -0.3 is 14.6 Å². The highest BCUT2D eigenvalue weighted by Gasteiger charge is 2.17.